The van der Waals surface area contributed by atoms with Crippen molar-refractivity contribution in [1.29, 1.82) is 0 Å². The number of hydrogen-bond acceptors (Lipinski definition) is 5. The largest absolute Gasteiger partial charge is 0.493 e. The number of nitrogens with one attached hydrogen (secondary N) is 1. The van der Waals surface area contributed by atoms with Gasteiger partial charge in [-0.05, 0) is 48.4 Å². The Balaban J connectivity index is 1.44. The van der Waals surface area contributed by atoms with Gasteiger partial charge in [-0.25, -0.2) is 0 Å². The van der Waals surface area contributed by atoms with Crippen LogP contribution in [0.5, 0.6) is 17.2 Å². The summed E-state index contributed by atoms with van der Waals surface area (Å²) in [5.41, 5.74) is 5.05. The zero-order chi connectivity index (χ0) is 23.2. The smallest absolute Gasteiger partial charge is 0.251 e. The van der Waals surface area contributed by atoms with Gasteiger partial charge in [-0.1, -0.05) is 35.9 Å². The minimum atomic E-state index is -0.0888. The predicted octanol–water partition coefficient (Wildman–Crippen LogP) is 4.34. The molecule has 0 atom stereocenters. The number of benzene rings is 3. The van der Waals surface area contributed by atoms with Crippen molar-refractivity contribution in [3.8, 4) is 17.2 Å². The lowest BCUT2D eigenvalue weighted by Crippen LogP contribution is -2.25. The molecule has 0 aromatic heterocycles. The van der Waals surface area contributed by atoms with E-state index in [-0.39, 0.29) is 5.91 Å². The molecule has 1 amide bonds. The first-order valence-corrected chi connectivity index (χ1v) is 11.1. The van der Waals surface area contributed by atoms with Crippen molar-refractivity contribution >= 4 is 5.91 Å². The molecule has 172 valence electrons. The fourth-order valence-electron chi connectivity index (χ4n) is 3.95. The third-order valence-corrected chi connectivity index (χ3v) is 5.81. The molecule has 6 heteroatoms. The van der Waals surface area contributed by atoms with Gasteiger partial charge in [0.15, 0.2) is 11.5 Å². The van der Waals surface area contributed by atoms with Crippen molar-refractivity contribution in [3.05, 3.63) is 88.5 Å². The standard InChI is InChI=1S/C27H30N2O4/c1-19-4-6-20(7-5-19)16-28-27(30)22-9-11-24-23(15-22)18-29(12-13-33-24)17-21-8-10-25(31-2)26(14-21)32-3/h4-11,14-15H,12-13,16-18H2,1-3H3,(H,28,30). The molecule has 0 bridgehead atoms. The van der Waals surface area contributed by atoms with Gasteiger partial charge in [-0.2, -0.15) is 0 Å². The van der Waals surface area contributed by atoms with E-state index in [0.717, 1.165) is 35.5 Å². The van der Waals surface area contributed by atoms with Gasteiger partial charge >= 0.3 is 0 Å². The second kappa shape index (κ2) is 10.4. The second-order valence-corrected chi connectivity index (χ2v) is 8.24. The summed E-state index contributed by atoms with van der Waals surface area (Å²) >= 11 is 0. The quantitative estimate of drug-likeness (QED) is 0.585. The third-order valence-electron chi connectivity index (χ3n) is 5.81. The minimum Gasteiger partial charge on any atom is -0.493 e. The highest BCUT2D eigenvalue weighted by molar-refractivity contribution is 5.94. The Labute approximate surface area is 195 Å². The van der Waals surface area contributed by atoms with E-state index in [1.807, 2.05) is 60.7 Å². The van der Waals surface area contributed by atoms with Gasteiger partial charge in [0.2, 0.25) is 0 Å². The average molecular weight is 447 g/mol. The zero-order valence-corrected chi connectivity index (χ0v) is 19.4. The van der Waals surface area contributed by atoms with Crippen molar-refractivity contribution in [2.24, 2.45) is 0 Å². The van der Waals surface area contributed by atoms with Crippen LogP contribution in [-0.4, -0.2) is 38.2 Å². The van der Waals surface area contributed by atoms with Crippen LogP contribution in [0.2, 0.25) is 0 Å². The highest BCUT2D eigenvalue weighted by Gasteiger charge is 2.18. The average Bonchev–Trinajstić information content (AvgIpc) is 3.04. The molecule has 0 unspecified atom stereocenters. The maximum absolute atomic E-state index is 12.8. The number of amides is 1. The Kier molecular flexibility index (Phi) is 7.15. The Bertz CT molecular complexity index is 1110. The molecular weight excluding hydrogens is 416 g/mol. The van der Waals surface area contributed by atoms with Crippen LogP contribution in [0.15, 0.2) is 60.7 Å². The van der Waals surface area contributed by atoms with Crippen molar-refractivity contribution < 1.29 is 19.0 Å². The molecule has 0 aliphatic carbocycles. The first-order valence-electron chi connectivity index (χ1n) is 11.1. The van der Waals surface area contributed by atoms with Crippen LogP contribution >= 0.6 is 0 Å². The number of ether oxygens (including phenoxy) is 3. The molecule has 3 aromatic carbocycles. The number of carbonyl (C=O) groups excluding carboxylic acids is 1. The van der Waals surface area contributed by atoms with Gasteiger partial charge < -0.3 is 19.5 Å². The Morgan fingerprint density at radius 3 is 2.48 bits per heavy atom. The summed E-state index contributed by atoms with van der Waals surface area (Å²) in [6.07, 6.45) is 0. The first kappa shape index (κ1) is 22.7. The number of hydrogen-bond donors (Lipinski definition) is 1. The topological polar surface area (TPSA) is 60.0 Å². The van der Waals surface area contributed by atoms with E-state index in [1.54, 1.807) is 14.2 Å². The maximum atomic E-state index is 12.8. The fourth-order valence-corrected chi connectivity index (χ4v) is 3.95. The van der Waals surface area contributed by atoms with Gasteiger partial charge in [0, 0.05) is 37.3 Å². The monoisotopic (exact) mass is 446 g/mol. The first-order chi connectivity index (χ1) is 16.1. The molecule has 0 spiro atoms. The van der Waals surface area contributed by atoms with Crippen molar-refractivity contribution in [2.75, 3.05) is 27.4 Å². The Morgan fingerprint density at radius 2 is 1.73 bits per heavy atom. The van der Waals surface area contributed by atoms with Crippen molar-refractivity contribution in [2.45, 2.75) is 26.6 Å². The van der Waals surface area contributed by atoms with Gasteiger partial charge in [0.1, 0.15) is 12.4 Å². The van der Waals surface area contributed by atoms with Crippen LogP contribution in [0, 0.1) is 6.92 Å². The summed E-state index contributed by atoms with van der Waals surface area (Å²) in [7, 11) is 3.28. The normalized spacial score (nSPS) is 13.4. The number of aryl methyl sites for hydroxylation is 1. The van der Waals surface area contributed by atoms with E-state index in [1.165, 1.54) is 5.56 Å². The third kappa shape index (κ3) is 5.65. The van der Waals surface area contributed by atoms with Crippen LogP contribution in [0.25, 0.3) is 0 Å². The summed E-state index contributed by atoms with van der Waals surface area (Å²) in [6.45, 7) is 5.37. The molecule has 0 radical (unpaired) electrons. The van der Waals surface area contributed by atoms with Crippen LogP contribution in [0.1, 0.15) is 32.6 Å². The summed E-state index contributed by atoms with van der Waals surface area (Å²) in [6, 6.07) is 19.8. The van der Waals surface area contributed by atoms with E-state index in [0.29, 0.717) is 36.8 Å². The molecule has 0 saturated heterocycles. The van der Waals surface area contributed by atoms with Crippen molar-refractivity contribution in [3.63, 3.8) is 0 Å². The summed E-state index contributed by atoms with van der Waals surface area (Å²) in [5.74, 6) is 2.18. The maximum Gasteiger partial charge on any atom is 0.251 e. The van der Waals surface area contributed by atoms with Crippen molar-refractivity contribution in [1.82, 2.24) is 10.2 Å². The molecule has 1 heterocycles. The van der Waals surface area contributed by atoms with Crippen LogP contribution < -0.4 is 19.5 Å². The predicted molar refractivity (Wildman–Crippen MR) is 128 cm³/mol. The van der Waals surface area contributed by atoms with E-state index >= 15 is 0 Å². The summed E-state index contributed by atoms with van der Waals surface area (Å²) in [5, 5.41) is 3.01. The fraction of sp³-hybridized carbons (Fsp3) is 0.296. The molecule has 1 aliphatic heterocycles. The molecule has 33 heavy (non-hydrogen) atoms. The molecule has 3 aromatic rings. The molecule has 0 fully saturated rings. The van der Waals surface area contributed by atoms with Gasteiger partial charge in [-0.15, -0.1) is 0 Å². The lowest BCUT2D eigenvalue weighted by atomic mass is 10.1. The lowest BCUT2D eigenvalue weighted by Gasteiger charge is -2.20. The highest BCUT2D eigenvalue weighted by atomic mass is 16.5. The van der Waals surface area contributed by atoms with Gasteiger partial charge in [0.25, 0.3) is 5.91 Å². The molecule has 1 N–H and O–H groups in total. The molecule has 6 nitrogen and oxygen atoms in total. The SMILES string of the molecule is COc1ccc(CN2CCOc3ccc(C(=O)NCc4ccc(C)cc4)cc3C2)cc1OC. The van der Waals surface area contributed by atoms with Crippen LogP contribution in [0.3, 0.4) is 0 Å². The number of rotatable bonds is 7. The molecule has 0 saturated carbocycles. The van der Waals surface area contributed by atoms with E-state index in [4.69, 9.17) is 14.2 Å². The Hall–Kier alpha value is -3.51. The molecule has 1 aliphatic rings. The number of carbonyl (C=O) groups is 1. The van der Waals surface area contributed by atoms with Crippen LogP contribution in [0.4, 0.5) is 0 Å². The minimum absolute atomic E-state index is 0.0888. The molecular formula is C27H30N2O4. The number of fused-ring (bicyclic) bond motifs is 1. The molecule has 4 rings (SSSR count). The summed E-state index contributed by atoms with van der Waals surface area (Å²) in [4.78, 5) is 15.1. The Morgan fingerprint density at radius 1 is 0.970 bits per heavy atom. The highest BCUT2D eigenvalue weighted by Crippen LogP contribution is 2.29. The van der Waals surface area contributed by atoms with Gasteiger partial charge in [0.05, 0.1) is 14.2 Å². The number of nitrogens with zero attached hydrogens (tertiary/aromatic N) is 1. The number of methoxy groups -OCH3 is 2. The van der Waals surface area contributed by atoms with E-state index in [9.17, 15) is 4.79 Å². The van der Waals surface area contributed by atoms with E-state index < -0.39 is 0 Å². The van der Waals surface area contributed by atoms with Crippen LogP contribution in [-0.2, 0) is 19.6 Å². The second-order valence-electron chi connectivity index (χ2n) is 8.24. The lowest BCUT2D eigenvalue weighted by molar-refractivity contribution is 0.0950. The summed E-state index contributed by atoms with van der Waals surface area (Å²) < 4.78 is 16.7. The van der Waals surface area contributed by atoms with E-state index in [2.05, 4.69) is 17.1 Å². The zero-order valence-electron chi connectivity index (χ0n) is 19.4. The van der Waals surface area contributed by atoms with Gasteiger partial charge in [-0.3, -0.25) is 9.69 Å².